The van der Waals surface area contributed by atoms with Crippen molar-refractivity contribution in [3.05, 3.63) is 78.6 Å². The summed E-state index contributed by atoms with van der Waals surface area (Å²) in [5, 5.41) is 0.896. The number of carbonyl (C=O) groups excluding carboxylic acids is 1. The Morgan fingerprint density at radius 1 is 1.20 bits per heavy atom. The SMILES string of the molecule is Cc1cc2oc3c(c(=O)c2cc1Cl)C(c1cccc(Br)c1)N(CCCN(C)C)C3=O. The van der Waals surface area contributed by atoms with Crippen LogP contribution in [0.3, 0.4) is 0 Å². The zero-order valence-corrected chi connectivity index (χ0v) is 19.4. The molecule has 0 spiro atoms. The van der Waals surface area contributed by atoms with E-state index in [9.17, 15) is 9.59 Å². The van der Waals surface area contributed by atoms with Gasteiger partial charge in [0.25, 0.3) is 5.91 Å². The number of rotatable bonds is 5. The lowest BCUT2D eigenvalue weighted by molar-refractivity contribution is 0.0722. The molecule has 3 aromatic rings. The van der Waals surface area contributed by atoms with Gasteiger partial charge < -0.3 is 14.2 Å². The van der Waals surface area contributed by atoms with Gasteiger partial charge in [0.1, 0.15) is 5.58 Å². The fourth-order valence-electron chi connectivity index (χ4n) is 3.95. The fourth-order valence-corrected chi connectivity index (χ4v) is 4.53. The highest BCUT2D eigenvalue weighted by Gasteiger charge is 2.42. The number of benzene rings is 2. The molecule has 1 unspecified atom stereocenters. The summed E-state index contributed by atoms with van der Waals surface area (Å²) < 4.78 is 6.89. The third-order valence-electron chi connectivity index (χ3n) is 5.42. The minimum Gasteiger partial charge on any atom is -0.450 e. The summed E-state index contributed by atoms with van der Waals surface area (Å²) in [4.78, 5) is 30.7. The van der Waals surface area contributed by atoms with Crippen molar-refractivity contribution in [2.45, 2.75) is 19.4 Å². The average molecular weight is 490 g/mol. The fraction of sp³-hybridized carbons (Fsp3) is 0.304. The standard InChI is InChI=1S/C23H22BrClN2O3/c1-13-10-18-16(12-17(13)25)21(28)19-20(14-6-4-7-15(24)11-14)27(9-5-8-26(2)3)23(29)22(19)30-18/h4,6-7,10-12,20H,5,8-9H2,1-3H3. The van der Waals surface area contributed by atoms with Gasteiger partial charge in [-0.1, -0.05) is 39.7 Å². The lowest BCUT2D eigenvalue weighted by atomic mass is 9.98. The van der Waals surface area contributed by atoms with Crippen LogP contribution in [-0.4, -0.2) is 42.9 Å². The summed E-state index contributed by atoms with van der Waals surface area (Å²) in [6.07, 6.45) is 0.788. The largest absolute Gasteiger partial charge is 0.450 e. The van der Waals surface area contributed by atoms with E-state index in [-0.39, 0.29) is 17.1 Å². The minimum absolute atomic E-state index is 0.129. The molecule has 0 aliphatic carbocycles. The minimum atomic E-state index is -0.493. The molecule has 1 aromatic heterocycles. The van der Waals surface area contributed by atoms with Crippen LogP contribution in [0.25, 0.3) is 11.0 Å². The Morgan fingerprint density at radius 3 is 2.67 bits per heavy atom. The molecule has 0 fully saturated rings. The Morgan fingerprint density at radius 2 is 1.97 bits per heavy atom. The lowest BCUT2D eigenvalue weighted by Gasteiger charge is -2.26. The zero-order valence-electron chi connectivity index (χ0n) is 17.0. The van der Waals surface area contributed by atoms with E-state index in [1.165, 1.54) is 0 Å². The quantitative estimate of drug-likeness (QED) is 0.505. The van der Waals surface area contributed by atoms with Crippen molar-refractivity contribution >= 4 is 44.4 Å². The predicted molar refractivity (Wildman–Crippen MR) is 122 cm³/mol. The van der Waals surface area contributed by atoms with E-state index < -0.39 is 6.04 Å². The normalized spacial score (nSPS) is 16.0. The number of fused-ring (bicyclic) bond motifs is 2. The van der Waals surface area contributed by atoms with Crippen molar-refractivity contribution in [2.24, 2.45) is 0 Å². The number of amides is 1. The first-order valence-corrected chi connectivity index (χ1v) is 10.9. The van der Waals surface area contributed by atoms with Crippen molar-refractivity contribution in [1.82, 2.24) is 9.80 Å². The van der Waals surface area contributed by atoms with Crippen molar-refractivity contribution in [3.8, 4) is 0 Å². The third kappa shape index (κ3) is 3.68. The van der Waals surface area contributed by atoms with Crippen LogP contribution in [0.15, 0.2) is 50.1 Å². The number of aryl methyl sites for hydroxylation is 1. The van der Waals surface area contributed by atoms with E-state index in [0.717, 1.165) is 28.6 Å². The van der Waals surface area contributed by atoms with Gasteiger partial charge in [-0.15, -0.1) is 0 Å². The summed E-state index contributed by atoms with van der Waals surface area (Å²) in [7, 11) is 3.99. The molecule has 0 saturated carbocycles. The smallest absolute Gasteiger partial charge is 0.290 e. The van der Waals surface area contributed by atoms with Crippen LogP contribution < -0.4 is 5.43 Å². The monoisotopic (exact) mass is 488 g/mol. The number of carbonyl (C=O) groups is 1. The van der Waals surface area contributed by atoms with Crippen LogP contribution in [-0.2, 0) is 0 Å². The van der Waals surface area contributed by atoms with Crippen molar-refractivity contribution in [3.63, 3.8) is 0 Å². The second kappa shape index (κ2) is 8.17. The van der Waals surface area contributed by atoms with Crippen LogP contribution in [0.2, 0.25) is 5.02 Å². The molecule has 1 aliphatic heterocycles. The first kappa shape index (κ1) is 21.1. The Balaban J connectivity index is 1.91. The molecule has 156 valence electrons. The summed E-state index contributed by atoms with van der Waals surface area (Å²) >= 11 is 9.77. The maximum absolute atomic E-state index is 13.5. The topological polar surface area (TPSA) is 53.8 Å². The van der Waals surface area contributed by atoms with Gasteiger partial charge in [-0.3, -0.25) is 9.59 Å². The molecule has 0 bridgehead atoms. The zero-order chi connectivity index (χ0) is 21.6. The Hall–Kier alpha value is -2.15. The lowest BCUT2D eigenvalue weighted by Crippen LogP contribution is -2.32. The maximum Gasteiger partial charge on any atom is 0.290 e. The van der Waals surface area contributed by atoms with Crippen LogP contribution in [0.5, 0.6) is 0 Å². The molecule has 2 aromatic carbocycles. The molecule has 2 heterocycles. The summed E-state index contributed by atoms with van der Waals surface area (Å²) in [6.45, 7) is 3.20. The van der Waals surface area contributed by atoms with E-state index in [0.29, 0.717) is 28.1 Å². The molecule has 7 heteroatoms. The van der Waals surface area contributed by atoms with E-state index >= 15 is 0 Å². The second-order valence-electron chi connectivity index (χ2n) is 7.88. The Labute approximate surface area is 188 Å². The first-order chi connectivity index (χ1) is 14.3. The number of hydrogen-bond acceptors (Lipinski definition) is 4. The molecular weight excluding hydrogens is 468 g/mol. The van der Waals surface area contributed by atoms with Gasteiger partial charge in [-0.25, -0.2) is 0 Å². The molecule has 4 rings (SSSR count). The van der Waals surface area contributed by atoms with E-state index in [1.807, 2.05) is 45.3 Å². The van der Waals surface area contributed by atoms with E-state index in [4.69, 9.17) is 16.0 Å². The van der Waals surface area contributed by atoms with Crippen LogP contribution in [0.4, 0.5) is 0 Å². The summed E-state index contributed by atoms with van der Waals surface area (Å²) in [5.74, 6) is -0.121. The molecule has 0 N–H and O–H groups in total. The summed E-state index contributed by atoms with van der Waals surface area (Å²) in [6, 6.07) is 10.6. The number of nitrogens with zero attached hydrogens (tertiary/aromatic N) is 2. The molecule has 1 atom stereocenters. The average Bonchev–Trinajstić information content (AvgIpc) is 2.96. The Bertz CT molecular complexity index is 1210. The van der Waals surface area contributed by atoms with Gasteiger partial charge in [-0.05, 0) is 69.4 Å². The highest BCUT2D eigenvalue weighted by atomic mass is 79.9. The molecule has 5 nitrogen and oxygen atoms in total. The third-order valence-corrected chi connectivity index (χ3v) is 6.32. The van der Waals surface area contributed by atoms with Crippen molar-refractivity contribution in [2.75, 3.05) is 27.2 Å². The molecular formula is C23H22BrClN2O3. The van der Waals surface area contributed by atoms with Gasteiger partial charge in [-0.2, -0.15) is 0 Å². The highest BCUT2D eigenvalue weighted by Crippen LogP contribution is 2.39. The first-order valence-electron chi connectivity index (χ1n) is 9.76. The van der Waals surface area contributed by atoms with Crippen LogP contribution in [0.1, 0.15) is 39.7 Å². The molecule has 30 heavy (non-hydrogen) atoms. The summed E-state index contributed by atoms with van der Waals surface area (Å²) in [5.41, 5.74) is 2.23. The van der Waals surface area contributed by atoms with Gasteiger partial charge in [0, 0.05) is 16.0 Å². The van der Waals surface area contributed by atoms with Crippen LogP contribution in [0, 0.1) is 6.92 Å². The van der Waals surface area contributed by atoms with Crippen LogP contribution >= 0.6 is 27.5 Å². The highest BCUT2D eigenvalue weighted by molar-refractivity contribution is 9.10. The van der Waals surface area contributed by atoms with E-state index in [1.54, 1.807) is 17.0 Å². The molecule has 1 amide bonds. The molecule has 1 aliphatic rings. The van der Waals surface area contributed by atoms with Crippen molar-refractivity contribution in [1.29, 1.82) is 0 Å². The Kier molecular flexibility index (Phi) is 5.75. The van der Waals surface area contributed by atoms with Gasteiger partial charge in [0.05, 0.1) is 17.0 Å². The van der Waals surface area contributed by atoms with Gasteiger partial charge >= 0.3 is 0 Å². The second-order valence-corrected chi connectivity index (χ2v) is 9.21. The number of halogens is 2. The molecule has 0 radical (unpaired) electrons. The van der Waals surface area contributed by atoms with E-state index in [2.05, 4.69) is 20.8 Å². The maximum atomic E-state index is 13.5. The van der Waals surface area contributed by atoms with Gasteiger partial charge in [0.15, 0.2) is 5.43 Å². The van der Waals surface area contributed by atoms with Gasteiger partial charge in [0.2, 0.25) is 5.76 Å². The van der Waals surface area contributed by atoms with Crippen molar-refractivity contribution < 1.29 is 9.21 Å². The predicted octanol–water partition coefficient (Wildman–Crippen LogP) is 5.01. The number of hydrogen-bond donors (Lipinski definition) is 0. The molecule has 0 saturated heterocycles.